The Morgan fingerprint density at radius 1 is 1.32 bits per heavy atom. The summed E-state index contributed by atoms with van der Waals surface area (Å²) >= 11 is 0. The fourth-order valence-corrected chi connectivity index (χ4v) is 2.43. The lowest BCUT2D eigenvalue weighted by Crippen LogP contribution is -2.37. The van der Waals surface area contributed by atoms with Crippen molar-refractivity contribution in [3.05, 3.63) is 35.4 Å². The van der Waals surface area contributed by atoms with Crippen molar-refractivity contribution < 1.29 is 13.5 Å². The monoisotopic (exact) mass is 270 g/mol. The molecule has 0 amide bonds. The highest BCUT2D eigenvalue weighted by atomic mass is 19.1. The maximum Gasteiger partial charge on any atom is 0.126 e. The van der Waals surface area contributed by atoms with Gasteiger partial charge in [-0.2, -0.15) is 0 Å². The number of halogens is 2. The molecule has 0 radical (unpaired) electrons. The normalized spacial score (nSPS) is 16.9. The third kappa shape index (κ3) is 3.72. The maximum absolute atomic E-state index is 13.3. The summed E-state index contributed by atoms with van der Waals surface area (Å²) in [5.41, 5.74) is 6.42. The van der Waals surface area contributed by atoms with Gasteiger partial charge in [-0.25, -0.2) is 8.78 Å². The minimum atomic E-state index is -0.559. The summed E-state index contributed by atoms with van der Waals surface area (Å²) in [6, 6.07) is 3.90. The van der Waals surface area contributed by atoms with Crippen LogP contribution in [-0.2, 0) is 4.74 Å². The van der Waals surface area contributed by atoms with E-state index >= 15 is 0 Å². The lowest BCUT2D eigenvalue weighted by atomic mass is 10.0. The first-order valence-corrected chi connectivity index (χ1v) is 6.56. The van der Waals surface area contributed by atoms with Crippen molar-refractivity contribution in [2.24, 2.45) is 5.73 Å². The smallest absolute Gasteiger partial charge is 0.126 e. The van der Waals surface area contributed by atoms with E-state index in [1.807, 2.05) is 0 Å². The highest BCUT2D eigenvalue weighted by Gasteiger charge is 2.34. The van der Waals surface area contributed by atoms with Gasteiger partial charge >= 0.3 is 0 Å². The molecule has 106 valence electrons. The number of benzene rings is 1. The molecule has 3 nitrogen and oxygen atoms in total. The quantitative estimate of drug-likeness (QED) is 0.824. The summed E-state index contributed by atoms with van der Waals surface area (Å²) in [4.78, 5) is 2.19. The molecule has 1 aliphatic carbocycles. The highest BCUT2D eigenvalue weighted by molar-refractivity contribution is 5.22. The molecule has 0 bridgehead atoms. The first kappa shape index (κ1) is 14.4. The molecule has 5 heteroatoms. The number of methoxy groups -OCH3 is 1. The molecule has 1 aromatic carbocycles. The van der Waals surface area contributed by atoms with E-state index in [4.69, 9.17) is 10.5 Å². The predicted molar refractivity (Wildman–Crippen MR) is 69.8 cm³/mol. The van der Waals surface area contributed by atoms with Gasteiger partial charge in [0.2, 0.25) is 0 Å². The van der Waals surface area contributed by atoms with E-state index < -0.39 is 11.6 Å². The number of ether oxygens (including phenoxy) is 1. The molecular weight excluding hydrogens is 250 g/mol. The zero-order chi connectivity index (χ0) is 13.8. The van der Waals surface area contributed by atoms with E-state index in [-0.39, 0.29) is 6.04 Å². The van der Waals surface area contributed by atoms with Crippen molar-refractivity contribution in [3.63, 3.8) is 0 Å². The minimum Gasteiger partial charge on any atom is -0.383 e. The third-order valence-electron chi connectivity index (χ3n) is 3.46. The van der Waals surface area contributed by atoms with E-state index in [1.165, 1.54) is 12.1 Å². The second kappa shape index (κ2) is 6.41. The van der Waals surface area contributed by atoms with Crippen LogP contribution in [0.15, 0.2) is 18.2 Å². The van der Waals surface area contributed by atoms with Gasteiger partial charge in [0, 0.05) is 38.3 Å². The summed E-state index contributed by atoms with van der Waals surface area (Å²) in [6.45, 7) is 1.65. The highest BCUT2D eigenvalue weighted by Crippen LogP contribution is 2.34. The van der Waals surface area contributed by atoms with Crippen LogP contribution in [0.5, 0.6) is 0 Å². The molecule has 19 heavy (non-hydrogen) atoms. The summed E-state index contributed by atoms with van der Waals surface area (Å²) in [7, 11) is 1.64. The zero-order valence-corrected chi connectivity index (χ0v) is 11.1. The van der Waals surface area contributed by atoms with Gasteiger partial charge in [0.25, 0.3) is 0 Å². The topological polar surface area (TPSA) is 38.5 Å². The average Bonchev–Trinajstić information content (AvgIpc) is 3.17. The molecule has 0 heterocycles. The molecule has 1 unspecified atom stereocenters. The first-order chi connectivity index (χ1) is 9.15. The molecule has 2 N–H and O–H groups in total. The minimum absolute atomic E-state index is 0.159. The van der Waals surface area contributed by atoms with Crippen molar-refractivity contribution in [2.45, 2.75) is 24.9 Å². The maximum atomic E-state index is 13.3. The van der Waals surface area contributed by atoms with Gasteiger partial charge < -0.3 is 10.5 Å². The van der Waals surface area contributed by atoms with Gasteiger partial charge in [-0.15, -0.1) is 0 Å². The van der Waals surface area contributed by atoms with Crippen molar-refractivity contribution in [2.75, 3.05) is 26.8 Å². The van der Waals surface area contributed by atoms with Crippen LogP contribution in [-0.4, -0.2) is 37.7 Å². The Kier molecular flexibility index (Phi) is 4.85. The molecular formula is C14H20F2N2O. The van der Waals surface area contributed by atoms with Gasteiger partial charge in [0.05, 0.1) is 6.61 Å². The zero-order valence-electron chi connectivity index (χ0n) is 11.1. The van der Waals surface area contributed by atoms with Crippen LogP contribution >= 0.6 is 0 Å². The second-order valence-electron chi connectivity index (χ2n) is 4.92. The number of nitrogens with zero attached hydrogens (tertiary/aromatic N) is 1. The Morgan fingerprint density at radius 2 is 1.95 bits per heavy atom. The predicted octanol–water partition coefficient (Wildman–Crippen LogP) is 2.08. The number of hydrogen-bond donors (Lipinski definition) is 1. The summed E-state index contributed by atoms with van der Waals surface area (Å²) in [5, 5.41) is 0. The van der Waals surface area contributed by atoms with Crippen LogP contribution < -0.4 is 5.73 Å². The Hall–Kier alpha value is -1.04. The van der Waals surface area contributed by atoms with Gasteiger partial charge in [-0.1, -0.05) is 0 Å². The summed E-state index contributed by atoms with van der Waals surface area (Å²) in [6.07, 6.45) is 2.22. The fourth-order valence-electron chi connectivity index (χ4n) is 2.43. The molecule has 1 fully saturated rings. The third-order valence-corrected chi connectivity index (χ3v) is 3.46. The molecule has 0 aliphatic heterocycles. The van der Waals surface area contributed by atoms with Crippen LogP contribution in [0.3, 0.4) is 0 Å². The molecule has 2 rings (SSSR count). The van der Waals surface area contributed by atoms with Crippen LogP contribution in [0.1, 0.15) is 24.4 Å². The molecule has 0 aromatic heterocycles. The number of rotatable bonds is 7. The van der Waals surface area contributed by atoms with Crippen molar-refractivity contribution in [3.8, 4) is 0 Å². The Morgan fingerprint density at radius 3 is 2.42 bits per heavy atom. The van der Waals surface area contributed by atoms with E-state index in [0.717, 1.165) is 25.5 Å². The van der Waals surface area contributed by atoms with Gasteiger partial charge in [-0.3, -0.25) is 4.90 Å². The Labute approximate surface area is 112 Å². The fraction of sp³-hybridized carbons (Fsp3) is 0.571. The van der Waals surface area contributed by atoms with Crippen molar-refractivity contribution in [1.82, 2.24) is 4.90 Å². The lowest BCUT2D eigenvalue weighted by molar-refractivity contribution is 0.115. The van der Waals surface area contributed by atoms with Gasteiger partial charge in [0.15, 0.2) is 0 Å². The van der Waals surface area contributed by atoms with Crippen LogP contribution in [0.25, 0.3) is 0 Å². The van der Waals surface area contributed by atoms with Crippen LogP contribution in [0.4, 0.5) is 8.78 Å². The first-order valence-electron chi connectivity index (χ1n) is 6.56. The number of hydrogen-bond acceptors (Lipinski definition) is 3. The van der Waals surface area contributed by atoms with Crippen molar-refractivity contribution in [1.29, 1.82) is 0 Å². The number of nitrogens with two attached hydrogens (primary N) is 1. The van der Waals surface area contributed by atoms with E-state index in [2.05, 4.69) is 4.90 Å². The standard InChI is InChI=1S/C14H20F2N2O/c1-19-5-4-18(13-2-3-13)14(9-17)10-6-11(15)8-12(16)7-10/h6-8,13-14H,2-5,9,17H2,1H3. The SMILES string of the molecule is COCCN(C1CC1)C(CN)c1cc(F)cc(F)c1. The van der Waals surface area contributed by atoms with Gasteiger partial charge in [-0.05, 0) is 30.5 Å². The molecule has 1 atom stereocenters. The molecule has 1 aliphatic rings. The lowest BCUT2D eigenvalue weighted by Gasteiger charge is -2.31. The van der Waals surface area contributed by atoms with Gasteiger partial charge in [0.1, 0.15) is 11.6 Å². The molecule has 1 aromatic rings. The summed E-state index contributed by atoms with van der Waals surface area (Å²) < 4.78 is 31.8. The Bertz CT molecular complexity index is 404. The van der Waals surface area contributed by atoms with Crippen LogP contribution in [0.2, 0.25) is 0 Å². The van der Waals surface area contributed by atoms with Crippen LogP contribution in [0, 0.1) is 11.6 Å². The molecule has 0 saturated heterocycles. The summed E-state index contributed by atoms with van der Waals surface area (Å²) in [5.74, 6) is -1.12. The Balaban J connectivity index is 2.20. The molecule has 0 spiro atoms. The van der Waals surface area contributed by atoms with E-state index in [1.54, 1.807) is 7.11 Å². The average molecular weight is 270 g/mol. The largest absolute Gasteiger partial charge is 0.383 e. The van der Waals surface area contributed by atoms with Crippen molar-refractivity contribution >= 4 is 0 Å². The van der Waals surface area contributed by atoms with E-state index in [0.29, 0.717) is 24.8 Å². The second-order valence-corrected chi connectivity index (χ2v) is 4.92. The van der Waals surface area contributed by atoms with E-state index in [9.17, 15) is 8.78 Å². The molecule has 1 saturated carbocycles.